The molecule has 0 unspecified atom stereocenters. The molecular weight excluding hydrogens is 485 g/mol. The molecule has 0 amide bonds. The molecule has 0 aliphatic carbocycles. The van der Waals surface area contributed by atoms with Crippen molar-refractivity contribution in [3.05, 3.63) is 90.3 Å². The van der Waals surface area contributed by atoms with Crippen molar-refractivity contribution in [1.82, 2.24) is 35.5 Å². The van der Waals surface area contributed by atoms with Crippen LogP contribution in [0.15, 0.2) is 78.8 Å². The molecule has 0 saturated carbocycles. The number of nitrogens with one attached hydrogen (secondary N) is 3. The number of hydrogen-bond donors (Lipinski definition) is 3. The maximum absolute atomic E-state index is 16.1. The Labute approximate surface area is 217 Å². The lowest BCUT2D eigenvalue weighted by atomic mass is 10.1. The molecule has 9 heteroatoms. The van der Waals surface area contributed by atoms with Crippen molar-refractivity contribution >= 4 is 39.0 Å². The second kappa shape index (κ2) is 10.3. The van der Waals surface area contributed by atoms with Gasteiger partial charge in [0.1, 0.15) is 11.4 Å². The van der Waals surface area contributed by atoms with Crippen LogP contribution in [0.1, 0.15) is 32.4 Å². The molecule has 7 nitrogen and oxygen atoms in total. The Hall–Kier alpha value is -4.37. The van der Waals surface area contributed by atoms with Gasteiger partial charge in [-0.1, -0.05) is 38.6 Å². The Morgan fingerprint density at radius 3 is 2.86 bits per heavy atom. The van der Waals surface area contributed by atoms with Crippen molar-refractivity contribution in [1.29, 1.82) is 0 Å². The van der Waals surface area contributed by atoms with Gasteiger partial charge in [0.25, 0.3) is 0 Å². The number of thiophene rings is 1. The van der Waals surface area contributed by atoms with E-state index < -0.39 is 5.82 Å². The third kappa shape index (κ3) is 4.61. The summed E-state index contributed by atoms with van der Waals surface area (Å²) < 4.78 is 16.1. The first kappa shape index (κ1) is 24.3. The normalized spacial score (nSPS) is 12.4. The van der Waals surface area contributed by atoms with Crippen LogP contribution in [0.25, 0.3) is 49.6 Å². The number of aromatic nitrogens is 6. The number of pyridine rings is 2. The summed E-state index contributed by atoms with van der Waals surface area (Å²) in [5.74, 6) is -0.0658. The number of imidazole rings is 1. The highest BCUT2D eigenvalue weighted by Gasteiger charge is 2.21. The van der Waals surface area contributed by atoms with E-state index in [0.717, 1.165) is 34.5 Å². The van der Waals surface area contributed by atoms with E-state index in [2.05, 4.69) is 55.5 Å². The highest BCUT2D eigenvalue weighted by atomic mass is 32.1. The van der Waals surface area contributed by atoms with Gasteiger partial charge in [-0.15, -0.1) is 11.3 Å². The Kier molecular flexibility index (Phi) is 6.78. The maximum Gasteiger partial charge on any atom is 0.178 e. The molecule has 0 aliphatic rings. The fraction of sp³-hybridized carbons (Fsp3) is 0.143. The van der Waals surface area contributed by atoms with Gasteiger partial charge in [-0.2, -0.15) is 5.10 Å². The number of fused-ring (bicyclic) bond motifs is 2. The highest BCUT2D eigenvalue weighted by Crippen LogP contribution is 2.34. The topological polar surface area (TPSA) is 95.2 Å². The third-order valence-corrected chi connectivity index (χ3v) is 6.84. The molecule has 5 heterocycles. The Morgan fingerprint density at radius 2 is 2.14 bits per heavy atom. The van der Waals surface area contributed by atoms with Crippen LogP contribution in [0, 0.1) is 5.82 Å². The first-order valence-corrected chi connectivity index (χ1v) is 12.8. The minimum Gasteiger partial charge on any atom is -0.359 e. The van der Waals surface area contributed by atoms with Crippen molar-refractivity contribution in [2.24, 2.45) is 0 Å². The van der Waals surface area contributed by atoms with E-state index in [1.54, 1.807) is 29.8 Å². The van der Waals surface area contributed by atoms with E-state index in [4.69, 9.17) is 0 Å². The average molecular weight is 512 g/mol. The molecule has 5 aromatic rings. The van der Waals surface area contributed by atoms with Gasteiger partial charge in [-0.3, -0.25) is 10.1 Å². The lowest BCUT2D eigenvalue weighted by molar-refractivity contribution is 0.630. The van der Waals surface area contributed by atoms with Gasteiger partial charge in [0, 0.05) is 33.6 Å². The minimum absolute atomic E-state index is 0.202. The molecule has 0 spiro atoms. The molecule has 186 valence electrons. The monoisotopic (exact) mass is 511 g/mol. The quantitative estimate of drug-likeness (QED) is 0.183. The van der Waals surface area contributed by atoms with Crippen LogP contribution in [0.4, 0.5) is 4.39 Å². The Balaban J connectivity index is 1.59. The van der Waals surface area contributed by atoms with Gasteiger partial charge in [0.2, 0.25) is 0 Å². The van der Waals surface area contributed by atoms with E-state index in [1.165, 1.54) is 0 Å². The predicted octanol–water partition coefficient (Wildman–Crippen LogP) is 7.14. The zero-order chi connectivity index (χ0) is 25.9. The molecule has 0 bridgehead atoms. The van der Waals surface area contributed by atoms with E-state index in [0.29, 0.717) is 39.3 Å². The number of halogens is 1. The van der Waals surface area contributed by atoms with E-state index in [1.807, 2.05) is 42.7 Å². The Morgan fingerprint density at radius 1 is 1.27 bits per heavy atom. The SMILES string of the molecule is C=C/C(=C\C(=C/C)c1ncc2[nH]nc(-c3nc4nccc(-c5cccs5)c4[nH]3)c2c1F)NC(=C)CCC. The second-order valence-electron chi connectivity index (χ2n) is 8.43. The van der Waals surface area contributed by atoms with Crippen LogP contribution >= 0.6 is 11.3 Å². The van der Waals surface area contributed by atoms with Crippen LogP contribution in [0.2, 0.25) is 0 Å². The standard InChI is InChI=1S/C28H26FN7S/c1-5-9-16(4)32-18(7-3)14-17(6-2)24-23(29)22-20(15-31-24)35-36-26(22)28-33-25-19(21-10-8-13-37-21)11-12-30-27(25)34-28/h6-8,10-15,32H,3-5,9H2,1-2H3,(H,35,36)(H,30,33,34)/b17-6+,18-14+. The molecule has 3 N–H and O–H groups in total. The van der Waals surface area contributed by atoms with E-state index in [9.17, 15) is 0 Å². The van der Waals surface area contributed by atoms with Crippen molar-refractivity contribution in [2.75, 3.05) is 0 Å². The third-order valence-electron chi connectivity index (χ3n) is 5.94. The van der Waals surface area contributed by atoms with Gasteiger partial charge in [-0.05, 0) is 43.0 Å². The number of allylic oxidation sites excluding steroid dienone is 5. The maximum atomic E-state index is 16.1. The van der Waals surface area contributed by atoms with Crippen LogP contribution in [0.3, 0.4) is 0 Å². The summed E-state index contributed by atoms with van der Waals surface area (Å²) in [5.41, 5.74) is 5.52. The zero-order valence-corrected chi connectivity index (χ0v) is 21.4. The number of rotatable bonds is 9. The summed E-state index contributed by atoms with van der Waals surface area (Å²) in [6.45, 7) is 11.8. The van der Waals surface area contributed by atoms with E-state index >= 15 is 4.39 Å². The van der Waals surface area contributed by atoms with Gasteiger partial charge in [-0.25, -0.2) is 14.4 Å². The van der Waals surface area contributed by atoms with Crippen LogP contribution in [-0.2, 0) is 0 Å². The lowest BCUT2D eigenvalue weighted by Crippen LogP contribution is -2.10. The summed E-state index contributed by atoms with van der Waals surface area (Å²) in [4.78, 5) is 17.8. The summed E-state index contributed by atoms with van der Waals surface area (Å²) in [6, 6.07) is 5.97. The predicted molar refractivity (Wildman–Crippen MR) is 149 cm³/mol. The largest absolute Gasteiger partial charge is 0.359 e. The first-order valence-electron chi connectivity index (χ1n) is 11.9. The number of H-pyrrole nitrogens is 2. The molecule has 0 atom stereocenters. The van der Waals surface area contributed by atoms with Gasteiger partial charge < -0.3 is 10.3 Å². The molecule has 0 saturated heterocycles. The zero-order valence-electron chi connectivity index (χ0n) is 20.6. The lowest BCUT2D eigenvalue weighted by Gasteiger charge is -2.11. The smallest absolute Gasteiger partial charge is 0.178 e. The van der Waals surface area contributed by atoms with Gasteiger partial charge >= 0.3 is 0 Å². The van der Waals surface area contributed by atoms with Crippen molar-refractivity contribution in [2.45, 2.75) is 26.7 Å². The summed E-state index contributed by atoms with van der Waals surface area (Å²) in [7, 11) is 0. The highest BCUT2D eigenvalue weighted by molar-refractivity contribution is 7.13. The van der Waals surface area contributed by atoms with Gasteiger partial charge in [0.15, 0.2) is 17.3 Å². The minimum atomic E-state index is -0.492. The second-order valence-corrected chi connectivity index (χ2v) is 9.38. The summed E-state index contributed by atoms with van der Waals surface area (Å²) in [5, 5.41) is 12.8. The molecular formula is C28H26FN7S. The molecule has 5 rings (SSSR count). The average Bonchev–Trinajstić information content (AvgIpc) is 3.66. The molecule has 0 aliphatic heterocycles. The van der Waals surface area contributed by atoms with Crippen LogP contribution < -0.4 is 5.32 Å². The van der Waals surface area contributed by atoms with Crippen molar-refractivity contribution < 1.29 is 4.39 Å². The summed E-state index contributed by atoms with van der Waals surface area (Å²) in [6.07, 6.45) is 10.4. The molecule has 0 radical (unpaired) electrons. The van der Waals surface area contributed by atoms with Crippen LogP contribution in [0.5, 0.6) is 0 Å². The van der Waals surface area contributed by atoms with Crippen molar-refractivity contribution in [3.63, 3.8) is 0 Å². The number of nitrogens with zero attached hydrogens (tertiary/aromatic N) is 4. The van der Waals surface area contributed by atoms with Crippen LogP contribution in [-0.4, -0.2) is 30.1 Å². The molecule has 0 fully saturated rings. The summed E-state index contributed by atoms with van der Waals surface area (Å²) >= 11 is 1.63. The first-order chi connectivity index (χ1) is 18.0. The van der Waals surface area contributed by atoms with Gasteiger partial charge in [0.05, 0.1) is 22.6 Å². The number of hydrogen-bond acceptors (Lipinski definition) is 6. The fourth-order valence-corrected chi connectivity index (χ4v) is 4.94. The van der Waals surface area contributed by atoms with E-state index in [-0.39, 0.29) is 5.69 Å². The fourth-order valence-electron chi connectivity index (χ4n) is 4.18. The molecule has 0 aromatic carbocycles. The molecule has 37 heavy (non-hydrogen) atoms. The van der Waals surface area contributed by atoms with Crippen molar-refractivity contribution in [3.8, 4) is 22.0 Å². The number of aromatic amines is 2. The Bertz CT molecular complexity index is 1670. The molecule has 5 aromatic heterocycles.